The van der Waals surface area contributed by atoms with Crippen molar-refractivity contribution >= 4 is 5.78 Å². The van der Waals surface area contributed by atoms with Crippen LogP contribution in [-0.2, 0) is 4.74 Å². The van der Waals surface area contributed by atoms with E-state index in [4.69, 9.17) is 4.74 Å². The molecule has 0 spiro atoms. The molecule has 1 fully saturated rings. The predicted molar refractivity (Wildman–Crippen MR) is 76.6 cm³/mol. The van der Waals surface area contributed by atoms with Crippen LogP contribution in [0.1, 0.15) is 35.7 Å². The van der Waals surface area contributed by atoms with Crippen LogP contribution in [0, 0.1) is 6.92 Å². The van der Waals surface area contributed by atoms with Crippen LogP contribution in [0.15, 0.2) is 24.3 Å². The normalized spacial score (nSPS) is 19.0. The van der Waals surface area contributed by atoms with Crippen molar-refractivity contribution in [2.24, 2.45) is 0 Å². The van der Waals surface area contributed by atoms with Gasteiger partial charge in [-0.05, 0) is 32.4 Å². The quantitative estimate of drug-likeness (QED) is 0.737. The average Bonchev–Trinajstić information content (AvgIpc) is 2.90. The molecule has 1 aromatic rings. The van der Waals surface area contributed by atoms with Gasteiger partial charge in [-0.3, -0.25) is 9.69 Å². The summed E-state index contributed by atoms with van der Waals surface area (Å²) in [6.45, 7) is 7.22. The molecule has 1 saturated heterocycles. The largest absolute Gasteiger partial charge is 0.377 e. The predicted octanol–water partition coefficient (Wildman–Crippen LogP) is 2.68. The summed E-state index contributed by atoms with van der Waals surface area (Å²) in [5.41, 5.74) is 1.94. The van der Waals surface area contributed by atoms with Crippen molar-refractivity contribution in [3.05, 3.63) is 35.4 Å². The number of hydrogen-bond acceptors (Lipinski definition) is 3. The Balaban J connectivity index is 1.91. The minimum absolute atomic E-state index is 0.198. The van der Waals surface area contributed by atoms with Gasteiger partial charge in [-0.15, -0.1) is 0 Å². The van der Waals surface area contributed by atoms with Gasteiger partial charge in [0.2, 0.25) is 0 Å². The van der Waals surface area contributed by atoms with E-state index in [2.05, 4.69) is 11.8 Å². The zero-order valence-electron chi connectivity index (χ0n) is 11.9. The second kappa shape index (κ2) is 6.83. The molecule has 19 heavy (non-hydrogen) atoms. The molecule has 0 N–H and O–H groups in total. The van der Waals surface area contributed by atoms with Gasteiger partial charge in [0.15, 0.2) is 5.78 Å². The summed E-state index contributed by atoms with van der Waals surface area (Å²) in [6.07, 6.45) is 2.58. The Hall–Kier alpha value is -1.19. The van der Waals surface area contributed by atoms with E-state index in [0.717, 1.165) is 43.7 Å². The van der Waals surface area contributed by atoms with Gasteiger partial charge in [-0.2, -0.15) is 0 Å². The molecule has 3 nitrogen and oxygen atoms in total. The maximum absolute atomic E-state index is 12.3. The number of Topliss-reactive ketones (excluding diaryl/α,β-unsaturated/α-hetero) is 1. The fraction of sp³-hybridized carbons (Fsp3) is 0.562. The molecule has 1 heterocycles. The number of ether oxygens (including phenoxy) is 1. The number of rotatable bonds is 6. The van der Waals surface area contributed by atoms with E-state index in [9.17, 15) is 4.79 Å². The molecule has 0 bridgehead atoms. The van der Waals surface area contributed by atoms with Gasteiger partial charge in [-0.1, -0.05) is 30.7 Å². The standard InChI is InChI=1S/C16H23NO2/c1-3-17(11-15-8-5-9-19-15)12-16(18)14-7-4-6-13(2)10-14/h4,6-7,10,15H,3,5,8-9,11-12H2,1-2H3. The molecule has 0 amide bonds. The summed E-state index contributed by atoms with van der Waals surface area (Å²) < 4.78 is 5.64. The van der Waals surface area contributed by atoms with Gasteiger partial charge in [0.25, 0.3) is 0 Å². The molecule has 2 rings (SSSR count). The third-order valence-corrected chi connectivity index (χ3v) is 3.64. The first kappa shape index (κ1) is 14.2. The Bertz CT molecular complexity index is 425. The number of carbonyl (C=O) groups is 1. The first-order valence-corrected chi connectivity index (χ1v) is 7.13. The number of nitrogens with zero attached hydrogens (tertiary/aromatic N) is 1. The Kier molecular flexibility index (Phi) is 5.11. The second-order valence-electron chi connectivity index (χ2n) is 5.26. The topological polar surface area (TPSA) is 29.5 Å². The van der Waals surface area contributed by atoms with Gasteiger partial charge in [-0.25, -0.2) is 0 Å². The number of hydrogen-bond donors (Lipinski definition) is 0. The van der Waals surface area contributed by atoms with Crippen LogP contribution >= 0.6 is 0 Å². The molecular formula is C16H23NO2. The van der Waals surface area contributed by atoms with Crippen LogP contribution < -0.4 is 0 Å². The van der Waals surface area contributed by atoms with E-state index in [1.807, 2.05) is 31.2 Å². The van der Waals surface area contributed by atoms with Gasteiger partial charge < -0.3 is 4.74 Å². The minimum Gasteiger partial charge on any atom is -0.377 e. The number of aryl methyl sites for hydroxylation is 1. The molecule has 104 valence electrons. The molecule has 1 aliphatic heterocycles. The SMILES string of the molecule is CCN(CC(=O)c1cccc(C)c1)CC1CCCO1. The zero-order valence-corrected chi connectivity index (χ0v) is 11.9. The lowest BCUT2D eigenvalue weighted by Gasteiger charge is -2.22. The molecule has 0 radical (unpaired) electrons. The van der Waals surface area contributed by atoms with Crippen LogP contribution in [-0.4, -0.2) is 43.0 Å². The van der Waals surface area contributed by atoms with Crippen molar-refractivity contribution in [1.29, 1.82) is 0 Å². The smallest absolute Gasteiger partial charge is 0.176 e. The van der Waals surface area contributed by atoms with Crippen molar-refractivity contribution in [3.63, 3.8) is 0 Å². The van der Waals surface area contributed by atoms with E-state index in [0.29, 0.717) is 12.6 Å². The summed E-state index contributed by atoms with van der Waals surface area (Å²) in [7, 11) is 0. The highest BCUT2D eigenvalue weighted by Crippen LogP contribution is 2.14. The number of benzene rings is 1. The molecule has 3 heteroatoms. The molecule has 0 aromatic heterocycles. The summed E-state index contributed by atoms with van der Waals surface area (Å²) in [5.74, 6) is 0.198. The summed E-state index contributed by atoms with van der Waals surface area (Å²) in [6, 6.07) is 7.82. The van der Waals surface area contributed by atoms with Crippen molar-refractivity contribution in [2.75, 3.05) is 26.2 Å². The van der Waals surface area contributed by atoms with Crippen molar-refractivity contribution < 1.29 is 9.53 Å². The maximum Gasteiger partial charge on any atom is 0.176 e. The van der Waals surface area contributed by atoms with E-state index in [1.165, 1.54) is 0 Å². The average molecular weight is 261 g/mol. The molecular weight excluding hydrogens is 238 g/mol. The zero-order chi connectivity index (χ0) is 13.7. The van der Waals surface area contributed by atoms with E-state index in [1.54, 1.807) is 0 Å². The van der Waals surface area contributed by atoms with Crippen molar-refractivity contribution in [2.45, 2.75) is 32.8 Å². The monoisotopic (exact) mass is 261 g/mol. The van der Waals surface area contributed by atoms with Crippen molar-refractivity contribution in [3.8, 4) is 0 Å². The van der Waals surface area contributed by atoms with Crippen LogP contribution in [0.2, 0.25) is 0 Å². The summed E-state index contributed by atoms with van der Waals surface area (Å²) in [4.78, 5) is 14.4. The Morgan fingerprint density at radius 1 is 1.47 bits per heavy atom. The highest BCUT2D eigenvalue weighted by Gasteiger charge is 2.20. The fourth-order valence-corrected chi connectivity index (χ4v) is 2.49. The third kappa shape index (κ3) is 4.15. The lowest BCUT2D eigenvalue weighted by atomic mass is 10.1. The van der Waals surface area contributed by atoms with E-state index >= 15 is 0 Å². The van der Waals surface area contributed by atoms with Crippen molar-refractivity contribution in [1.82, 2.24) is 4.90 Å². The minimum atomic E-state index is 0.198. The van der Waals surface area contributed by atoms with Crippen LogP contribution in [0.3, 0.4) is 0 Å². The molecule has 0 aliphatic carbocycles. The van der Waals surface area contributed by atoms with E-state index in [-0.39, 0.29) is 5.78 Å². The second-order valence-corrected chi connectivity index (χ2v) is 5.26. The van der Waals surface area contributed by atoms with Crippen LogP contribution in [0.25, 0.3) is 0 Å². The lowest BCUT2D eigenvalue weighted by molar-refractivity contribution is 0.0686. The molecule has 1 atom stereocenters. The molecule has 1 aromatic carbocycles. The number of ketones is 1. The van der Waals surface area contributed by atoms with Gasteiger partial charge in [0, 0.05) is 18.7 Å². The fourth-order valence-electron chi connectivity index (χ4n) is 2.49. The Labute approximate surface area is 115 Å². The Morgan fingerprint density at radius 2 is 2.32 bits per heavy atom. The van der Waals surface area contributed by atoms with Gasteiger partial charge in [0.05, 0.1) is 12.6 Å². The summed E-state index contributed by atoms with van der Waals surface area (Å²) >= 11 is 0. The first-order chi connectivity index (χ1) is 9.19. The summed E-state index contributed by atoms with van der Waals surface area (Å²) in [5, 5.41) is 0. The molecule has 1 aliphatic rings. The highest BCUT2D eigenvalue weighted by atomic mass is 16.5. The van der Waals surface area contributed by atoms with Gasteiger partial charge >= 0.3 is 0 Å². The molecule has 0 saturated carbocycles. The van der Waals surface area contributed by atoms with Crippen LogP contribution in [0.4, 0.5) is 0 Å². The highest BCUT2D eigenvalue weighted by molar-refractivity contribution is 5.97. The first-order valence-electron chi connectivity index (χ1n) is 7.13. The number of likely N-dealkylation sites (N-methyl/N-ethyl adjacent to an activating group) is 1. The van der Waals surface area contributed by atoms with Gasteiger partial charge in [0.1, 0.15) is 0 Å². The molecule has 1 unspecified atom stereocenters. The lowest BCUT2D eigenvalue weighted by Crippen LogP contribution is -2.36. The van der Waals surface area contributed by atoms with Crippen LogP contribution in [0.5, 0.6) is 0 Å². The maximum atomic E-state index is 12.3. The van der Waals surface area contributed by atoms with E-state index < -0.39 is 0 Å². The Morgan fingerprint density at radius 3 is 2.95 bits per heavy atom. The number of carbonyl (C=O) groups excluding carboxylic acids is 1. The third-order valence-electron chi connectivity index (χ3n) is 3.64.